The Morgan fingerprint density at radius 1 is 1.13 bits per heavy atom. The lowest BCUT2D eigenvalue weighted by Crippen LogP contribution is -2.27. The van der Waals surface area contributed by atoms with Gasteiger partial charge in [0.1, 0.15) is 0 Å². The van der Waals surface area contributed by atoms with Gasteiger partial charge in [-0.25, -0.2) is 13.6 Å². The number of primary sulfonamides is 1. The van der Waals surface area contributed by atoms with Crippen LogP contribution in [0.15, 0.2) is 53.4 Å². The van der Waals surface area contributed by atoms with E-state index in [2.05, 4.69) is 17.4 Å². The second kappa shape index (κ2) is 7.70. The number of nitrogens with one attached hydrogen (secondary N) is 1. The van der Waals surface area contributed by atoms with E-state index >= 15 is 0 Å². The highest BCUT2D eigenvalue weighted by Crippen LogP contribution is 2.18. The third kappa shape index (κ3) is 5.14. The van der Waals surface area contributed by atoms with Crippen LogP contribution in [0.5, 0.6) is 0 Å². The van der Waals surface area contributed by atoms with E-state index in [0.29, 0.717) is 12.0 Å². The molecule has 124 valence electrons. The van der Waals surface area contributed by atoms with Gasteiger partial charge in [-0.15, -0.1) is 0 Å². The van der Waals surface area contributed by atoms with Gasteiger partial charge in [-0.1, -0.05) is 42.5 Å². The maximum Gasteiger partial charge on any atom is 0.238 e. The van der Waals surface area contributed by atoms with Gasteiger partial charge in [0.2, 0.25) is 10.0 Å². The van der Waals surface area contributed by atoms with Crippen molar-refractivity contribution in [1.29, 1.82) is 0 Å². The molecular weight excluding hydrogens is 312 g/mol. The number of benzene rings is 2. The summed E-state index contributed by atoms with van der Waals surface area (Å²) in [4.78, 5) is -0.00670. The van der Waals surface area contributed by atoms with Gasteiger partial charge in [-0.2, -0.15) is 0 Å². The Balaban J connectivity index is 2.05. The Morgan fingerprint density at radius 3 is 2.43 bits per heavy atom. The number of rotatable bonds is 7. The van der Waals surface area contributed by atoms with Gasteiger partial charge >= 0.3 is 0 Å². The first-order valence-electron chi connectivity index (χ1n) is 7.43. The van der Waals surface area contributed by atoms with Gasteiger partial charge in [0.05, 0.1) is 11.5 Å². The van der Waals surface area contributed by atoms with Crippen molar-refractivity contribution in [3.05, 3.63) is 65.2 Å². The molecular formula is C17H22N2O3S. The van der Waals surface area contributed by atoms with Gasteiger partial charge in [0.15, 0.2) is 0 Å². The lowest BCUT2D eigenvalue weighted by molar-refractivity contribution is 0.278. The van der Waals surface area contributed by atoms with Crippen molar-refractivity contribution < 1.29 is 13.5 Å². The van der Waals surface area contributed by atoms with Crippen LogP contribution < -0.4 is 10.5 Å². The summed E-state index contributed by atoms with van der Waals surface area (Å²) < 4.78 is 23.2. The van der Waals surface area contributed by atoms with Crippen molar-refractivity contribution in [1.82, 2.24) is 5.32 Å². The summed E-state index contributed by atoms with van der Waals surface area (Å²) in [5.41, 5.74) is 2.38. The maximum atomic E-state index is 11.6. The predicted octanol–water partition coefficient (Wildman–Crippen LogP) is 1.55. The molecule has 0 radical (unpaired) electrons. The zero-order chi connectivity index (χ0) is 16.9. The van der Waals surface area contributed by atoms with E-state index < -0.39 is 10.0 Å². The van der Waals surface area contributed by atoms with Crippen molar-refractivity contribution >= 4 is 10.0 Å². The first kappa shape index (κ1) is 17.6. The average molecular weight is 334 g/mol. The number of aliphatic hydroxyl groups excluding tert-OH is 1. The molecule has 0 heterocycles. The van der Waals surface area contributed by atoms with Crippen molar-refractivity contribution in [3.8, 4) is 0 Å². The molecule has 2 rings (SSSR count). The van der Waals surface area contributed by atoms with Gasteiger partial charge in [0.25, 0.3) is 0 Å². The molecule has 0 aliphatic rings. The summed E-state index contributed by atoms with van der Waals surface area (Å²) in [6, 6.07) is 15.2. The highest BCUT2D eigenvalue weighted by molar-refractivity contribution is 7.89. The summed E-state index contributed by atoms with van der Waals surface area (Å²) in [7, 11) is -3.84. The van der Waals surface area contributed by atoms with E-state index in [1.54, 1.807) is 12.1 Å². The molecule has 0 aliphatic carbocycles. The smallest absolute Gasteiger partial charge is 0.238 e. The topological polar surface area (TPSA) is 92.4 Å². The summed E-state index contributed by atoms with van der Waals surface area (Å²) in [5, 5.41) is 17.8. The van der Waals surface area contributed by atoms with Crippen LogP contribution in [-0.4, -0.2) is 19.6 Å². The molecule has 2 aromatic rings. The molecule has 0 amide bonds. The van der Waals surface area contributed by atoms with E-state index in [9.17, 15) is 13.5 Å². The van der Waals surface area contributed by atoms with E-state index in [0.717, 1.165) is 12.1 Å². The van der Waals surface area contributed by atoms with Crippen LogP contribution in [-0.2, 0) is 29.6 Å². The second-order valence-corrected chi connectivity index (χ2v) is 7.15. The molecule has 0 fully saturated rings. The van der Waals surface area contributed by atoms with E-state index in [1.165, 1.54) is 5.56 Å². The normalized spacial score (nSPS) is 13.0. The lowest BCUT2D eigenvalue weighted by Gasteiger charge is -2.15. The molecule has 6 heteroatoms. The minimum Gasteiger partial charge on any atom is -0.392 e. The standard InChI is InChI=1S/C17H22N2O3S/c1-13(19-11-14-5-3-2-4-6-14)9-15-7-8-16(12-20)17(10-15)23(18,21)22/h2-8,10,13,19-20H,9,11-12H2,1H3,(H2,18,21,22)/t13-/m1/s1. The minimum atomic E-state index is -3.84. The molecule has 23 heavy (non-hydrogen) atoms. The van der Waals surface area contributed by atoms with E-state index in [4.69, 9.17) is 5.14 Å². The van der Waals surface area contributed by atoms with Crippen molar-refractivity contribution in [2.75, 3.05) is 0 Å². The predicted molar refractivity (Wildman–Crippen MR) is 90.2 cm³/mol. The van der Waals surface area contributed by atoms with Crippen LogP contribution in [0.4, 0.5) is 0 Å². The fourth-order valence-electron chi connectivity index (χ4n) is 2.44. The molecule has 0 aliphatic heterocycles. The van der Waals surface area contributed by atoms with Crippen LogP contribution in [0, 0.1) is 0 Å². The van der Waals surface area contributed by atoms with Gasteiger partial charge < -0.3 is 10.4 Å². The van der Waals surface area contributed by atoms with E-state index in [-0.39, 0.29) is 17.5 Å². The molecule has 0 aromatic heterocycles. The van der Waals surface area contributed by atoms with Crippen LogP contribution in [0.1, 0.15) is 23.6 Å². The minimum absolute atomic E-state index is 0.00670. The fourth-order valence-corrected chi connectivity index (χ4v) is 3.25. The summed E-state index contributed by atoms with van der Waals surface area (Å²) in [6.07, 6.45) is 0.668. The molecule has 0 unspecified atom stereocenters. The summed E-state index contributed by atoms with van der Waals surface area (Å²) in [5.74, 6) is 0. The maximum absolute atomic E-state index is 11.6. The van der Waals surface area contributed by atoms with Crippen LogP contribution in [0.3, 0.4) is 0 Å². The highest BCUT2D eigenvalue weighted by Gasteiger charge is 2.15. The third-order valence-corrected chi connectivity index (χ3v) is 4.64. The molecule has 2 aromatic carbocycles. The number of aliphatic hydroxyl groups is 1. The Bertz CT molecular complexity index is 746. The second-order valence-electron chi connectivity index (χ2n) is 5.62. The molecule has 1 atom stereocenters. The number of hydrogen-bond acceptors (Lipinski definition) is 4. The molecule has 0 spiro atoms. The molecule has 5 nitrogen and oxygen atoms in total. The highest BCUT2D eigenvalue weighted by atomic mass is 32.2. The SMILES string of the molecule is C[C@H](Cc1ccc(CO)c(S(N)(=O)=O)c1)NCc1ccccc1. The van der Waals surface area contributed by atoms with Gasteiger partial charge in [0, 0.05) is 12.6 Å². The zero-order valence-electron chi connectivity index (χ0n) is 13.1. The summed E-state index contributed by atoms with van der Waals surface area (Å²) >= 11 is 0. The first-order valence-corrected chi connectivity index (χ1v) is 8.97. The quantitative estimate of drug-likeness (QED) is 0.716. The zero-order valence-corrected chi connectivity index (χ0v) is 13.9. The molecule has 0 saturated carbocycles. The number of sulfonamides is 1. The Kier molecular flexibility index (Phi) is 5.90. The molecule has 0 saturated heterocycles. The van der Waals surface area contributed by atoms with Crippen molar-refractivity contribution in [2.45, 2.75) is 37.4 Å². The number of hydrogen-bond donors (Lipinski definition) is 3. The number of nitrogens with two attached hydrogens (primary N) is 1. The summed E-state index contributed by atoms with van der Waals surface area (Å²) in [6.45, 7) is 2.44. The molecule has 0 bridgehead atoms. The van der Waals surface area contributed by atoms with Crippen molar-refractivity contribution in [2.24, 2.45) is 5.14 Å². The Labute approximate surface area is 137 Å². The monoisotopic (exact) mass is 334 g/mol. The average Bonchev–Trinajstić information content (AvgIpc) is 2.53. The van der Waals surface area contributed by atoms with Gasteiger partial charge in [-0.05, 0) is 36.1 Å². The van der Waals surface area contributed by atoms with E-state index in [1.807, 2.05) is 31.2 Å². The van der Waals surface area contributed by atoms with Crippen LogP contribution >= 0.6 is 0 Å². The third-order valence-electron chi connectivity index (χ3n) is 3.65. The van der Waals surface area contributed by atoms with Crippen molar-refractivity contribution in [3.63, 3.8) is 0 Å². The van der Waals surface area contributed by atoms with Crippen LogP contribution in [0.25, 0.3) is 0 Å². The fraction of sp³-hybridized carbons (Fsp3) is 0.294. The lowest BCUT2D eigenvalue weighted by atomic mass is 10.0. The van der Waals surface area contributed by atoms with Crippen LogP contribution in [0.2, 0.25) is 0 Å². The molecule has 4 N–H and O–H groups in total. The Morgan fingerprint density at radius 2 is 1.83 bits per heavy atom. The largest absolute Gasteiger partial charge is 0.392 e. The Hall–Kier alpha value is -1.73. The first-order chi connectivity index (χ1) is 10.9. The van der Waals surface area contributed by atoms with Gasteiger partial charge in [-0.3, -0.25) is 0 Å².